The van der Waals surface area contributed by atoms with E-state index in [9.17, 15) is 4.79 Å². The van der Waals surface area contributed by atoms with Gasteiger partial charge in [0.2, 0.25) is 5.91 Å². The highest BCUT2D eigenvalue weighted by molar-refractivity contribution is 14.1. The number of halogens is 1. The largest absolute Gasteiger partial charge is 0.347 e. The van der Waals surface area contributed by atoms with E-state index in [1.54, 1.807) is 0 Å². The van der Waals surface area contributed by atoms with Crippen LogP contribution in [0.2, 0.25) is 0 Å². The number of alkyl halides is 1. The summed E-state index contributed by atoms with van der Waals surface area (Å²) in [6.45, 7) is 0. The first-order valence-electron chi connectivity index (χ1n) is 3.68. The summed E-state index contributed by atoms with van der Waals surface area (Å²) in [6.07, 6.45) is 4.67. The predicted molar refractivity (Wildman–Crippen MR) is 49.0 cm³/mol. The molecule has 58 valence electrons. The second-order valence-corrected chi connectivity index (χ2v) is 3.42. The van der Waals surface area contributed by atoms with E-state index in [2.05, 4.69) is 27.9 Å². The summed E-state index contributed by atoms with van der Waals surface area (Å²) in [7, 11) is 0. The molecule has 1 saturated carbocycles. The molecule has 0 radical (unpaired) electrons. The molecule has 0 aromatic carbocycles. The molecule has 2 nitrogen and oxygen atoms in total. The first-order chi connectivity index (χ1) is 4.84. The Hall–Kier alpha value is 0.200. The summed E-state index contributed by atoms with van der Waals surface area (Å²) in [4.78, 5) is 11.1. The number of nitrogens with one attached hydrogen (secondary N) is 1. The second kappa shape index (κ2) is 4.16. The summed E-state index contributed by atoms with van der Waals surface area (Å²) >= 11 is 2.16. The van der Waals surface area contributed by atoms with Gasteiger partial charge in [-0.05, 0) is 12.8 Å². The van der Waals surface area contributed by atoms with Crippen molar-refractivity contribution in [3.8, 4) is 0 Å². The zero-order valence-corrected chi connectivity index (χ0v) is 8.06. The second-order valence-electron chi connectivity index (χ2n) is 2.66. The maximum Gasteiger partial charge on any atom is 0.223 e. The first kappa shape index (κ1) is 8.30. The van der Waals surface area contributed by atoms with Crippen molar-refractivity contribution in [3.63, 3.8) is 0 Å². The van der Waals surface area contributed by atoms with Gasteiger partial charge >= 0.3 is 0 Å². The number of hydrogen-bond acceptors (Lipinski definition) is 1. The first-order valence-corrected chi connectivity index (χ1v) is 5.21. The quantitative estimate of drug-likeness (QED) is 0.453. The van der Waals surface area contributed by atoms with Gasteiger partial charge in [0, 0.05) is 5.92 Å². The molecule has 0 unspecified atom stereocenters. The Labute approximate surface area is 74.9 Å². The van der Waals surface area contributed by atoms with Crippen LogP contribution in [0.15, 0.2) is 0 Å². The van der Waals surface area contributed by atoms with Gasteiger partial charge in [-0.2, -0.15) is 0 Å². The van der Waals surface area contributed by atoms with Gasteiger partial charge in [0.15, 0.2) is 0 Å². The molecule has 10 heavy (non-hydrogen) atoms. The Morgan fingerprint density at radius 2 is 2.10 bits per heavy atom. The maximum atomic E-state index is 11.1. The van der Waals surface area contributed by atoms with Crippen molar-refractivity contribution >= 4 is 28.5 Å². The third-order valence-electron chi connectivity index (χ3n) is 1.97. The fraction of sp³-hybridized carbons (Fsp3) is 0.857. The molecular formula is C7H12INO. The Balaban J connectivity index is 2.25. The Kier molecular flexibility index (Phi) is 3.45. The van der Waals surface area contributed by atoms with Gasteiger partial charge in [-0.15, -0.1) is 0 Å². The van der Waals surface area contributed by atoms with Crippen LogP contribution in [0.4, 0.5) is 0 Å². The molecule has 1 amide bonds. The van der Waals surface area contributed by atoms with E-state index in [0.717, 1.165) is 17.4 Å². The highest BCUT2D eigenvalue weighted by Gasteiger charge is 2.21. The van der Waals surface area contributed by atoms with Crippen molar-refractivity contribution in [1.29, 1.82) is 0 Å². The van der Waals surface area contributed by atoms with Crippen LogP contribution in [-0.4, -0.2) is 10.5 Å². The van der Waals surface area contributed by atoms with E-state index in [-0.39, 0.29) is 5.91 Å². The van der Waals surface area contributed by atoms with E-state index >= 15 is 0 Å². The zero-order valence-electron chi connectivity index (χ0n) is 5.90. The summed E-state index contributed by atoms with van der Waals surface area (Å²) < 4.78 is 0.743. The average Bonchev–Trinajstić information content (AvgIpc) is 2.38. The Morgan fingerprint density at radius 3 is 2.60 bits per heavy atom. The van der Waals surface area contributed by atoms with Gasteiger partial charge in [0.1, 0.15) is 0 Å². The van der Waals surface area contributed by atoms with E-state index in [4.69, 9.17) is 0 Å². The molecule has 0 heterocycles. The predicted octanol–water partition coefficient (Wildman–Crippen LogP) is 1.69. The van der Waals surface area contributed by atoms with Gasteiger partial charge < -0.3 is 5.32 Å². The van der Waals surface area contributed by atoms with Crippen molar-refractivity contribution in [2.24, 2.45) is 5.92 Å². The van der Waals surface area contributed by atoms with Crippen molar-refractivity contribution in [2.75, 3.05) is 4.55 Å². The molecule has 1 N–H and O–H groups in total. The highest BCUT2D eigenvalue weighted by Crippen LogP contribution is 2.24. The molecule has 1 aliphatic rings. The monoisotopic (exact) mass is 253 g/mol. The molecule has 0 atom stereocenters. The minimum atomic E-state index is 0.256. The maximum absolute atomic E-state index is 11.1. The van der Waals surface area contributed by atoms with Crippen LogP contribution in [0.5, 0.6) is 0 Å². The van der Waals surface area contributed by atoms with Crippen LogP contribution < -0.4 is 5.32 Å². The molecule has 0 aromatic heterocycles. The van der Waals surface area contributed by atoms with Crippen molar-refractivity contribution in [2.45, 2.75) is 25.7 Å². The number of hydrogen-bond donors (Lipinski definition) is 1. The molecule has 1 rings (SSSR count). The van der Waals surface area contributed by atoms with E-state index in [0.29, 0.717) is 5.92 Å². The zero-order chi connectivity index (χ0) is 7.40. The molecule has 0 bridgehead atoms. The van der Waals surface area contributed by atoms with Gasteiger partial charge in [-0.1, -0.05) is 35.4 Å². The lowest BCUT2D eigenvalue weighted by Gasteiger charge is -2.06. The van der Waals surface area contributed by atoms with Gasteiger partial charge in [-0.3, -0.25) is 4.79 Å². The molecule has 0 aliphatic heterocycles. The fourth-order valence-corrected chi connectivity index (χ4v) is 1.77. The SMILES string of the molecule is O=C(NCI)C1CCCC1. The number of amides is 1. The number of rotatable bonds is 2. The number of carbonyl (C=O) groups excluding carboxylic acids is 1. The standard InChI is InChI=1S/C7H12INO/c8-5-9-7(10)6-3-1-2-4-6/h6H,1-5H2,(H,9,10). The molecule has 0 aromatic rings. The molecule has 1 fully saturated rings. The van der Waals surface area contributed by atoms with Crippen LogP contribution in [0.3, 0.4) is 0 Å². The minimum Gasteiger partial charge on any atom is -0.347 e. The average molecular weight is 253 g/mol. The van der Waals surface area contributed by atoms with E-state index in [1.165, 1.54) is 12.8 Å². The van der Waals surface area contributed by atoms with Crippen molar-refractivity contribution < 1.29 is 4.79 Å². The van der Waals surface area contributed by atoms with Crippen LogP contribution in [0.1, 0.15) is 25.7 Å². The van der Waals surface area contributed by atoms with E-state index in [1.807, 2.05) is 0 Å². The van der Waals surface area contributed by atoms with Crippen LogP contribution in [-0.2, 0) is 4.79 Å². The van der Waals surface area contributed by atoms with Gasteiger partial charge in [0.05, 0.1) is 4.55 Å². The van der Waals surface area contributed by atoms with Gasteiger partial charge in [0.25, 0.3) is 0 Å². The Morgan fingerprint density at radius 1 is 1.50 bits per heavy atom. The molecule has 3 heteroatoms. The number of carbonyl (C=O) groups is 1. The Bertz CT molecular complexity index is 121. The summed E-state index contributed by atoms with van der Waals surface area (Å²) in [5.74, 6) is 0.585. The van der Waals surface area contributed by atoms with Crippen LogP contribution >= 0.6 is 22.6 Å². The molecule has 0 spiro atoms. The topological polar surface area (TPSA) is 29.1 Å². The smallest absolute Gasteiger partial charge is 0.223 e. The summed E-state index contributed by atoms with van der Waals surface area (Å²) in [5, 5.41) is 2.84. The lowest BCUT2D eigenvalue weighted by atomic mass is 10.1. The van der Waals surface area contributed by atoms with Crippen molar-refractivity contribution in [3.05, 3.63) is 0 Å². The third kappa shape index (κ3) is 2.11. The van der Waals surface area contributed by atoms with E-state index < -0.39 is 0 Å². The fourth-order valence-electron chi connectivity index (χ4n) is 1.40. The molecule has 1 aliphatic carbocycles. The van der Waals surface area contributed by atoms with Crippen LogP contribution in [0, 0.1) is 5.92 Å². The van der Waals surface area contributed by atoms with Gasteiger partial charge in [-0.25, -0.2) is 0 Å². The lowest BCUT2D eigenvalue weighted by Crippen LogP contribution is -2.27. The third-order valence-corrected chi connectivity index (χ3v) is 2.35. The molecule has 0 saturated heterocycles. The minimum absolute atomic E-state index is 0.256. The normalized spacial score (nSPS) is 19.3. The summed E-state index contributed by atoms with van der Waals surface area (Å²) in [5.41, 5.74) is 0. The summed E-state index contributed by atoms with van der Waals surface area (Å²) in [6, 6.07) is 0. The van der Waals surface area contributed by atoms with Crippen molar-refractivity contribution in [1.82, 2.24) is 5.32 Å². The molecular weight excluding hydrogens is 241 g/mol. The highest BCUT2D eigenvalue weighted by atomic mass is 127. The lowest BCUT2D eigenvalue weighted by molar-refractivity contribution is -0.124. The van der Waals surface area contributed by atoms with Crippen LogP contribution in [0.25, 0.3) is 0 Å².